The van der Waals surface area contributed by atoms with Crippen LogP contribution < -0.4 is 5.32 Å². The molecule has 0 atom stereocenters. The van der Waals surface area contributed by atoms with Crippen LogP contribution in [-0.4, -0.2) is 43.4 Å². The monoisotopic (exact) mass is 305 g/mol. The molecule has 1 N–H and O–H groups in total. The van der Waals surface area contributed by atoms with E-state index < -0.39 is 9.84 Å². The third kappa shape index (κ3) is 3.34. The van der Waals surface area contributed by atoms with Crippen LogP contribution >= 0.6 is 11.6 Å². The fourth-order valence-electron chi connectivity index (χ4n) is 1.88. The Bertz CT molecular complexity index is 575. The van der Waals surface area contributed by atoms with Crippen LogP contribution in [-0.2, 0) is 21.0 Å². The number of hydrogen-bond acceptors (Lipinski definition) is 6. The molecule has 0 saturated heterocycles. The summed E-state index contributed by atoms with van der Waals surface area (Å²) in [4.78, 5) is 8.12. The van der Waals surface area contributed by atoms with Crippen molar-refractivity contribution in [3.8, 4) is 0 Å². The van der Waals surface area contributed by atoms with E-state index in [0.29, 0.717) is 25.3 Å². The number of aromatic nitrogens is 2. The summed E-state index contributed by atoms with van der Waals surface area (Å²) >= 11 is 5.80. The van der Waals surface area contributed by atoms with E-state index in [-0.39, 0.29) is 27.9 Å². The summed E-state index contributed by atoms with van der Waals surface area (Å²) in [6, 6.07) is 0. The molecule has 19 heavy (non-hydrogen) atoms. The SMILES string of the molecule is CC(C)OCCNc1nc(Cl)nc2c1S(=O)(=O)CC2. The van der Waals surface area contributed by atoms with E-state index in [1.54, 1.807) is 0 Å². The number of sulfone groups is 1. The average Bonchev–Trinajstić information content (AvgIpc) is 2.60. The van der Waals surface area contributed by atoms with E-state index in [1.807, 2.05) is 13.8 Å². The molecule has 2 heterocycles. The zero-order valence-corrected chi connectivity index (χ0v) is 12.4. The summed E-state index contributed by atoms with van der Waals surface area (Å²) in [6.07, 6.45) is 0.516. The van der Waals surface area contributed by atoms with Crippen LogP contribution in [0.5, 0.6) is 0 Å². The van der Waals surface area contributed by atoms with Crippen LogP contribution in [0.3, 0.4) is 0 Å². The highest BCUT2D eigenvalue weighted by atomic mass is 35.5. The van der Waals surface area contributed by atoms with E-state index in [1.165, 1.54) is 0 Å². The van der Waals surface area contributed by atoms with Crippen LogP contribution in [0, 0.1) is 0 Å². The largest absolute Gasteiger partial charge is 0.377 e. The summed E-state index contributed by atoms with van der Waals surface area (Å²) in [5.74, 6) is 0.342. The predicted molar refractivity (Wildman–Crippen MR) is 72.4 cm³/mol. The highest BCUT2D eigenvalue weighted by Gasteiger charge is 2.32. The van der Waals surface area contributed by atoms with Gasteiger partial charge in [0.2, 0.25) is 5.28 Å². The van der Waals surface area contributed by atoms with E-state index in [0.717, 1.165) is 0 Å². The summed E-state index contributed by atoms with van der Waals surface area (Å²) in [5.41, 5.74) is 0.493. The minimum atomic E-state index is -3.29. The molecule has 1 aliphatic heterocycles. The maximum Gasteiger partial charge on any atom is 0.224 e. The van der Waals surface area contributed by atoms with Gasteiger partial charge in [-0.25, -0.2) is 13.4 Å². The molecule has 0 saturated carbocycles. The second kappa shape index (κ2) is 5.60. The Morgan fingerprint density at radius 3 is 2.84 bits per heavy atom. The Hall–Kier alpha value is -0.920. The summed E-state index contributed by atoms with van der Waals surface area (Å²) in [5, 5.41) is 3.02. The molecule has 106 valence electrons. The number of rotatable bonds is 5. The highest BCUT2D eigenvalue weighted by Crippen LogP contribution is 2.31. The summed E-state index contributed by atoms with van der Waals surface area (Å²) < 4.78 is 29.2. The lowest BCUT2D eigenvalue weighted by Crippen LogP contribution is -2.16. The number of halogens is 1. The molecule has 0 aliphatic carbocycles. The van der Waals surface area contributed by atoms with Crippen LogP contribution in [0.15, 0.2) is 4.90 Å². The quantitative estimate of drug-likeness (QED) is 0.652. The van der Waals surface area contributed by atoms with Crippen molar-refractivity contribution in [2.75, 3.05) is 24.2 Å². The van der Waals surface area contributed by atoms with Gasteiger partial charge < -0.3 is 10.1 Å². The van der Waals surface area contributed by atoms with Gasteiger partial charge in [-0.05, 0) is 25.4 Å². The zero-order valence-electron chi connectivity index (χ0n) is 10.8. The number of aryl methyl sites for hydroxylation is 1. The lowest BCUT2D eigenvalue weighted by atomic mass is 10.3. The molecule has 0 radical (unpaired) electrons. The van der Waals surface area contributed by atoms with Gasteiger partial charge in [-0.1, -0.05) is 0 Å². The van der Waals surface area contributed by atoms with Gasteiger partial charge >= 0.3 is 0 Å². The number of anilines is 1. The molecule has 0 bridgehead atoms. The van der Waals surface area contributed by atoms with Gasteiger partial charge in [0.1, 0.15) is 10.7 Å². The molecule has 0 aromatic carbocycles. The Morgan fingerprint density at radius 2 is 2.16 bits per heavy atom. The van der Waals surface area contributed by atoms with Crippen molar-refractivity contribution in [3.05, 3.63) is 11.0 Å². The van der Waals surface area contributed by atoms with Crippen molar-refractivity contribution in [3.63, 3.8) is 0 Å². The van der Waals surface area contributed by atoms with Crippen LogP contribution in [0.4, 0.5) is 5.82 Å². The van der Waals surface area contributed by atoms with Crippen LogP contribution in [0.2, 0.25) is 5.28 Å². The Morgan fingerprint density at radius 1 is 1.42 bits per heavy atom. The molecule has 1 aromatic rings. The third-order valence-electron chi connectivity index (χ3n) is 2.67. The molecular formula is C11H16ClN3O3S. The van der Waals surface area contributed by atoms with Crippen molar-refractivity contribution in [2.45, 2.75) is 31.3 Å². The number of nitrogens with zero attached hydrogens (tertiary/aromatic N) is 2. The zero-order chi connectivity index (χ0) is 14.0. The van der Waals surface area contributed by atoms with Gasteiger partial charge in [0.15, 0.2) is 9.84 Å². The molecule has 0 unspecified atom stereocenters. The van der Waals surface area contributed by atoms with Crippen LogP contribution in [0.1, 0.15) is 19.5 Å². The van der Waals surface area contributed by atoms with Crippen molar-refractivity contribution >= 4 is 27.3 Å². The molecule has 2 rings (SSSR count). The number of ether oxygens (including phenoxy) is 1. The first kappa shape index (κ1) is 14.5. The number of nitrogens with one attached hydrogen (secondary N) is 1. The van der Waals surface area contributed by atoms with E-state index in [9.17, 15) is 8.42 Å². The molecule has 1 aliphatic rings. The predicted octanol–water partition coefficient (Wildman–Crippen LogP) is 1.30. The van der Waals surface area contributed by atoms with Crippen molar-refractivity contribution in [2.24, 2.45) is 0 Å². The molecular weight excluding hydrogens is 290 g/mol. The number of fused-ring (bicyclic) bond motifs is 1. The summed E-state index contributed by atoms with van der Waals surface area (Å²) in [7, 11) is -3.29. The fraction of sp³-hybridized carbons (Fsp3) is 0.636. The minimum Gasteiger partial charge on any atom is -0.377 e. The third-order valence-corrected chi connectivity index (χ3v) is 4.63. The van der Waals surface area contributed by atoms with Gasteiger partial charge in [-0.2, -0.15) is 4.98 Å². The topological polar surface area (TPSA) is 81.2 Å². The van der Waals surface area contributed by atoms with Crippen molar-refractivity contribution < 1.29 is 13.2 Å². The van der Waals surface area contributed by atoms with Crippen molar-refractivity contribution in [1.29, 1.82) is 0 Å². The Balaban J connectivity index is 2.17. The number of hydrogen-bond donors (Lipinski definition) is 1. The lowest BCUT2D eigenvalue weighted by molar-refractivity contribution is 0.0870. The Kier molecular flexibility index (Phi) is 4.27. The van der Waals surface area contributed by atoms with E-state index in [2.05, 4.69) is 15.3 Å². The molecule has 8 heteroatoms. The normalized spacial score (nSPS) is 16.6. The second-order valence-electron chi connectivity index (χ2n) is 4.53. The molecule has 0 fully saturated rings. The van der Waals surface area contributed by atoms with E-state index >= 15 is 0 Å². The highest BCUT2D eigenvalue weighted by molar-refractivity contribution is 7.91. The second-order valence-corrected chi connectivity index (χ2v) is 6.92. The van der Waals surface area contributed by atoms with Gasteiger partial charge in [0.25, 0.3) is 0 Å². The molecule has 6 nitrogen and oxygen atoms in total. The van der Waals surface area contributed by atoms with Crippen molar-refractivity contribution in [1.82, 2.24) is 9.97 Å². The standard InChI is InChI=1S/C11H16ClN3O3S/c1-7(2)18-5-4-13-10-9-8(14-11(12)15-10)3-6-19(9,16)17/h7H,3-6H2,1-2H3,(H,13,14,15). The maximum absolute atomic E-state index is 11.9. The lowest BCUT2D eigenvalue weighted by Gasteiger charge is -2.11. The average molecular weight is 306 g/mol. The van der Waals surface area contributed by atoms with Gasteiger partial charge in [-0.15, -0.1) is 0 Å². The van der Waals surface area contributed by atoms with Gasteiger partial charge in [0.05, 0.1) is 24.2 Å². The smallest absolute Gasteiger partial charge is 0.224 e. The van der Waals surface area contributed by atoms with Gasteiger partial charge in [0, 0.05) is 13.0 Å². The fourth-order valence-corrected chi connectivity index (χ4v) is 3.65. The Labute approximate surface area is 117 Å². The van der Waals surface area contributed by atoms with Crippen LogP contribution in [0.25, 0.3) is 0 Å². The maximum atomic E-state index is 11.9. The molecule has 0 spiro atoms. The first-order valence-electron chi connectivity index (χ1n) is 6.05. The summed E-state index contributed by atoms with van der Waals surface area (Å²) in [6.45, 7) is 4.80. The molecule has 1 aromatic heterocycles. The van der Waals surface area contributed by atoms with Gasteiger partial charge in [-0.3, -0.25) is 0 Å². The minimum absolute atomic E-state index is 0.0585. The molecule has 0 amide bonds. The first-order chi connectivity index (χ1) is 8.90. The van der Waals surface area contributed by atoms with E-state index in [4.69, 9.17) is 16.3 Å². The first-order valence-corrected chi connectivity index (χ1v) is 8.08.